The van der Waals surface area contributed by atoms with Gasteiger partial charge in [-0.1, -0.05) is 6.07 Å². The predicted molar refractivity (Wildman–Crippen MR) is 63.3 cm³/mol. The van der Waals surface area contributed by atoms with Crippen molar-refractivity contribution in [3.8, 4) is 0 Å². The third-order valence-electron chi connectivity index (χ3n) is 2.85. The fraction of sp³-hybridized carbons (Fsp3) is 0.143. The first-order valence-electron chi connectivity index (χ1n) is 5.72. The van der Waals surface area contributed by atoms with Crippen LogP contribution < -0.4 is 5.73 Å². The summed E-state index contributed by atoms with van der Waals surface area (Å²) in [6, 6.07) is 2.95. The Labute approximate surface area is 111 Å². The normalized spacial score (nSPS) is 12.5. The molecule has 0 aromatic heterocycles. The molecule has 0 saturated heterocycles. The third kappa shape index (κ3) is 2.96. The standard InChI is InChI=1S/C14H10F5N/c15-8-5-11(18)14(12(19)6-8)13(20)4-7-1-2-9(16)10(17)3-7/h1-3,5-6,13H,4,20H2. The summed E-state index contributed by atoms with van der Waals surface area (Å²) in [6.45, 7) is 0. The number of halogens is 5. The third-order valence-corrected chi connectivity index (χ3v) is 2.85. The van der Waals surface area contributed by atoms with Gasteiger partial charge < -0.3 is 5.73 Å². The van der Waals surface area contributed by atoms with Crippen LogP contribution in [0.3, 0.4) is 0 Å². The van der Waals surface area contributed by atoms with Gasteiger partial charge in [-0.25, -0.2) is 22.0 Å². The van der Waals surface area contributed by atoms with Crippen LogP contribution in [0.4, 0.5) is 22.0 Å². The molecule has 0 aliphatic carbocycles. The monoisotopic (exact) mass is 287 g/mol. The number of nitrogens with two attached hydrogens (primary N) is 1. The lowest BCUT2D eigenvalue weighted by atomic mass is 9.98. The molecule has 0 radical (unpaired) electrons. The molecule has 2 aromatic carbocycles. The highest BCUT2D eigenvalue weighted by Gasteiger charge is 2.19. The number of hydrogen-bond donors (Lipinski definition) is 1. The van der Waals surface area contributed by atoms with Gasteiger partial charge in [-0.05, 0) is 24.1 Å². The molecule has 6 heteroatoms. The van der Waals surface area contributed by atoms with Crippen molar-refractivity contribution < 1.29 is 22.0 Å². The van der Waals surface area contributed by atoms with Crippen molar-refractivity contribution in [3.05, 3.63) is 70.5 Å². The molecule has 0 fully saturated rings. The van der Waals surface area contributed by atoms with Crippen molar-refractivity contribution in [3.63, 3.8) is 0 Å². The van der Waals surface area contributed by atoms with Crippen molar-refractivity contribution in [2.45, 2.75) is 12.5 Å². The maximum absolute atomic E-state index is 13.5. The quantitative estimate of drug-likeness (QED) is 0.857. The smallest absolute Gasteiger partial charge is 0.159 e. The molecule has 0 bridgehead atoms. The van der Waals surface area contributed by atoms with Crippen molar-refractivity contribution >= 4 is 0 Å². The number of rotatable bonds is 3. The highest BCUT2D eigenvalue weighted by atomic mass is 19.2. The molecule has 2 aromatic rings. The van der Waals surface area contributed by atoms with Crippen LogP contribution in [0.2, 0.25) is 0 Å². The van der Waals surface area contributed by atoms with Gasteiger partial charge in [-0.15, -0.1) is 0 Å². The Hall–Kier alpha value is -1.95. The molecule has 0 aliphatic rings. The fourth-order valence-corrected chi connectivity index (χ4v) is 1.93. The van der Waals surface area contributed by atoms with Crippen molar-refractivity contribution in [1.29, 1.82) is 0 Å². The van der Waals surface area contributed by atoms with E-state index in [-0.39, 0.29) is 12.0 Å². The highest BCUT2D eigenvalue weighted by molar-refractivity contribution is 5.27. The summed E-state index contributed by atoms with van der Waals surface area (Å²) in [5.74, 6) is -5.38. The van der Waals surface area contributed by atoms with E-state index >= 15 is 0 Å². The first kappa shape index (κ1) is 14.5. The van der Waals surface area contributed by atoms with Crippen LogP contribution in [0.5, 0.6) is 0 Å². The van der Waals surface area contributed by atoms with Gasteiger partial charge >= 0.3 is 0 Å². The Bertz CT molecular complexity index is 618. The number of benzene rings is 2. The van der Waals surface area contributed by atoms with E-state index in [4.69, 9.17) is 5.73 Å². The molecule has 1 nitrogen and oxygen atoms in total. The minimum atomic E-state index is -1.14. The van der Waals surface area contributed by atoms with Crippen molar-refractivity contribution in [2.75, 3.05) is 0 Å². The van der Waals surface area contributed by atoms with Crippen LogP contribution in [0.25, 0.3) is 0 Å². The molecule has 20 heavy (non-hydrogen) atoms. The average molecular weight is 287 g/mol. The second-order valence-corrected chi connectivity index (χ2v) is 4.34. The Morgan fingerprint density at radius 1 is 0.800 bits per heavy atom. The van der Waals surface area contributed by atoms with E-state index in [1.165, 1.54) is 6.07 Å². The molecule has 0 amide bonds. The minimum absolute atomic E-state index is 0.114. The van der Waals surface area contributed by atoms with Crippen LogP contribution in [-0.2, 0) is 6.42 Å². The van der Waals surface area contributed by atoms with E-state index in [1.54, 1.807) is 0 Å². The molecule has 1 unspecified atom stereocenters. The van der Waals surface area contributed by atoms with E-state index in [2.05, 4.69) is 0 Å². The molecular formula is C14H10F5N. The van der Waals surface area contributed by atoms with Gasteiger partial charge in [-0.3, -0.25) is 0 Å². The molecule has 0 heterocycles. The minimum Gasteiger partial charge on any atom is -0.323 e. The second-order valence-electron chi connectivity index (χ2n) is 4.34. The summed E-state index contributed by atoms with van der Waals surface area (Å²) in [5, 5.41) is 0. The predicted octanol–water partition coefficient (Wildman–Crippen LogP) is 3.62. The van der Waals surface area contributed by atoms with Crippen LogP contribution in [0.1, 0.15) is 17.2 Å². The Balaban J connectivity index is 2.28. The van der Waals surface area contributed by atoms with Crippen LogP contribution in [-0.4, -0.2) is 0 Å². The van der Waals surface area contributed by atoms with Crippen LogP contribution >= 0.6 is 0 Å². The van der Waals surface area contributed by atoms with Gasteiger partial charge in [0.15, 0.2) is 11.6 Å². The summed E-state index contributed by atoms with van der Waals surface area (Å²) >= 11 is 0. The first-order chi connectivity index (χ1) is 9.38. The molecule has 0 aliphatic heterocycles. The van der Waals surface area contributed by atoms with Gasteiger partial charge in [0.05, 0.1) is 0 Å². The lowest BCUT2D eigenvalue weighted by Crippen LogP contribution is -2.17. The molecule has 106 valence electrons. The maximum Gasteiger partial charge on any atom is 0.159 e. The summed E-state index contributed by atoms with van der Waals surface area (Å²) in [5.41, 5.74) is 5.44. The topological polar surface area (TPSA) is 26.0 Å². The van der Waals surface area contributed by atoms with Crippen molar-refractivity contribution in [2.24, 2.45) is 5.73 Å². The fourth-order valence-electron chi connectivity index (χ4n) is 1.93. The molecule has 2 rings (SSSR count). The molecular weight excluding hydrogens is 277 g/mol. The van der Waals surface area contributed by atoms with E-state index in [9.17, 15) is 22.0 Å². The molecule has 2 N–H and O–H groups in total. The molecule has 1 atom stereocenters. The van der Waals surface area contributed by atoms with Gasteiger partial charge in [0, 0.05) is 23.7 Å². The zero-order valence-corrected chi connectivity index (χ0v) is 10.1. The van der Waals surface area contributed by atoms with Crippen LogP contribution in [0.15, 0.2) is 30.3 Å². The zero-order chi connectivity index (χ0) is 14.9. The van der Waals surface area contributed by atoms with Gasteiger partial charge in [0.25, 0.3) is 0 Å². The Kier molecular flexibility index (Phi) is 4.04. The van der Waals surface area contributed by atoms with E-state index in [0.29, 0.717) is 12.1 Å². The highest BCUT2D eigenvalue weighted by Crippen LogP contribution is 2.24. The van der Waals surface area contributed by atoms with Gasteiger partial charge in [0.1, 0.15) is 17.5 Å². The van der Waals surface area contributed by atoms with Gasteiger partial charge in [-0.2, -0.15) is 0 Å². The molecule has 0 saturated carbocycles. The van der Waals surface area contributed by atoms with Gasteiger partial charge in [0.2, 0.25) is 0 Å². The summed E-state index contributed by atoms with van der Waals surface area (Å²) in [6.07, 6.45) is -0.114. The first-order valence-corrected chi connectivity index (χ1v) is 5.72. The zero-order valence-electron chi connectivity index (χ0n) is 10.1. The maximum atomic E-state index is 13.5. The average Bonchev–Trinajstić information content (AvgIpc) is 2.32. The second kappa shape index (κ2) is 5.58. The van der Waals surface area contributed by atoms with E-state index < -0.39 is 40.7 Å². The Morgan fingerprint density at radius 2 is 1.40 bits per heavy atom. The lowest BCUT2D eigenvalue weighted by Gasteiger charge is -2.14. The van der Waals surface area contributed by atoms with Crippen molar-refractivity contribution in [1.82, 2.24) is 0 Å². The Morgan fingerprint density at radius 3 is 1.95 bits per heavy atom. The lowest BCUT2D eigenvalue weighted by molar-refractivity contribution is 0.496. The summed E-state index contributed by atoms with van der Waals surface area (Å²) in [4.78, 5) is 0. The summed E-state index contributed by atoms with van der Waals surface area (Å²) in [7, 11) is 0. The number of hydrogen-bond acceptors (Lipinski definition) is 1. The van der Waals surface area contributed by atoms with E-state index in [0.717, 1.165) is 12.1 Å². The van der Waals surface area contributed by atoms with Crippen LogP contribution in [0, 0.1) is 29.1 Å². The summed E-state index contributed by atoms with van der Waals surface area (Å²) < 4.78 is 65.6. The van der Waals surface area contributed by atoms with E-state index in [1.807, 2.05) is 0 Å². The molecule has 0 spiro atoms. The largest absolute Gasteiger partial charge is 0.323 e. The SMILES string of the molecule is NC(Cc1ccc(F)c(F)c1)c1c(F)cc(F)cc1F.